The van der Waals surface area contributed by atoms with E-state index in [1.807, 2.05) is 0 Å². The molecule has 8 nitrogen and oxygen atoms in total. The molecule has 1 N–H and O–H groups in total. The van der Waals surface area contributed by atoms with Crippen LogP contribution in [0.5, 0.6) is 5.75 Å². The van der Waals surface area contributed by atoms with Crippen LogP contribution in [0.3, 0.4) is 0 Å². The first kappa shape index (κ1) is 15.8. The van der Waals surface area contributed by atoms with Crippen molar-refractivity contribution in [2.75, 3.05) is 7.11 Å². The fourth-order valence-corrected chi connectivity index (χ4v) is 2.97. The largest absolute Gasteiger partial charge is 0.506 e. The highest BCUT2D eigenvalue weighted by Crippen LogP contribution is 2.22. The van der Waals surface area contributed by atoms with Crippen LogP contribution in [0.25, 0.3) is 22.2 Å². The number of esters is 1. The molecule has 130 valence electrons. The van der Waals surface area contributed by atoms with Crippen molar-refractivity contribution in [3.05, 3.63) is 64.3 Å². The Balaban J connectivity index is 2.04. The third kappa shape index (κ3) is 2.16. The summed E-state index contributed by atoms with van der Waals surface area (Å²) in [6.07, 6.45) is 2.95. The molecule has 0 aliphatic heterocycles. The molecule has 3 aromatic heterocycles. The summed E-state index contributed by atoms with van der Waals surface area (Å²) in [5, 5.41) is 14.7. The van der Waals surface area contributed by atoms with Gasteiger partial charge in [-0.15, -0.1) is 0 Å². The molecule has 0 radical (unpaired) electrons. The van der Waals surface area contributed by atoms with Gasteiger partial charge in [0.05, 0.1) is 29.4 Å². The van der Waals surface area contributed by atoms with Crippen molar-refractivity contribution in [1.82, 2.24) is 19.2 Å². The summed E-state index contributed by atoms with van der Waals surface area (Å²) >= 11 is 0. The number of fused-ring (bicyclic) bond motifs is 3. The van der Waals surface area contributed by atoms with Gasteiger partial charge in [0.1, 0.15) is 11.3 Å². The minimum absolute atomic E-state index is 0.00843. The van der Waals surface area contributed by atoms with Gasteiger partial charge in [-0.25, -0.2) is 14.3 Å². The number of aryl methyl sites for hydroxylation is 1. The van der Waals surface area contributed by atoms with Crippen molar-refractivity contribution in [3.63, 3.8) is 0 Å². The standard InChI is InChI=1S/C18H14N4O4/c1-10-15(18(25)26-2)16-19-9-11-12(22(16)20-10)7-8-21(17(11)24)13-5-3-4-6-14(13)23/h3-9,23H,1-2H3. The fourth-order valence-electron chi connectivity index (χ4n) is 2.97. The van der Waals surface area contributed by atoms with Gasteiger partial charge in [0.25, 0.3) is 5.56 Å². The van der Waals surface area contributed by atoms with Crippen molar-refractivity contribution >= 4 is 22.5 Å². The highest BCUT2D eigenvalue weighted by molar-refractivity contribution is 5.98. The first-order valence-corrected chi connectivity index (χ1v) is 7.79. The van der Waals surface area contributed by atoms with Crippen LogP contribution in [-0.2, 0) is 4.74 Å². The van der Waals surface area contributed by atoms with Gasteiger partial charge in [-0.2, -0.15) is 5.10 Å². The lowest BCUT2D eigenvalue weighted by Crippen LogP contribution is -2.19. The number of rotatable bonds is 2. The van der Waals surface area contributed by atoms with E-state index in [-0.39, 0.29) is 16.9 Å². The van der Waals surface area contributed by atoms with Gasteiger partial charge in [0, 0.05) is 12.4 Å². The molecule has 0 saturated carbocycles. The van der Waals surface area contributed by atoms with E-state index in [0.717, 1.165) is 0 Å². The van der Waals surface area contributed by atoms with Crippen LogP contribution in [0.4, 0.5) is 0 Å². The number of aromatic nitrogens is 4. The van der Waals surface area contributed by atoms with Crippen molar-refractivity contribution in [1.29, 1.82) is 0 Å². The van der Waals surface area contributed by atoms with Crippen LogP contribution >= 0.6 is 0 Å². The molecule has 0 atom stereocenters. The molecule has 4 aromatic rings. The second kappa shape index (κ2) is 5.69. The number of nitrogens with zero attached hydrogens (tertiary/aromatic N) is 4. The van der Waals surface area contributed by atoms with Crippen LogP contribution < -0.4 is 5.56 Å². The molecule has 0 fully saturated rings. The average Bonchev–Trinajstić information content (AvgIpc) is 2.98. The summed E-state index contributed by atoms with van der Waals surface area (Å²) in [6, 6.07) is 8.24. The lowest BCUT2D eigenvalue weighted by Gasteiger charge is -2.09. The molecule has 3 heterocycles. The Hall–Kier alpha value is -3.68. The zero-order chi connectivity index (χ0) is 18.4. The number of aromatic hydroxyl groups is 1. The first-order valence-electron chi connectivity index (χ1n) is 7.79. The number of hydrogen-bond donors (Lipinski definition) is 1. The maximum Gasteiger partial charge on any atom is 0.343 e. The summed E-state index contributed by atoms with van der Waals surface area (Å²) in [7, 11) is 1.29. The molecular weight excluding hydrogens is 336 g/mol. The van der Waals surface area contributed by atoms with Gasteiger partial charge >= 0.3 is 5.97 Å². The number of carbonyl (C=O) groups is 1. The third-order valence-electron chi connectivity index (χ3n) is 4.22. The van der Waals surface area contributed by atoms with E-state index < -0.39 is 5.97 Å². The number of methoxy groups -OCH3 is 1. The molecule has 8 heteroatoms. The number of phenols is 1. The van der Waals surface area contributed by atoms with Gasteiger partial charge < -0.3 is 9.84 Å². The van der Waals surface area contributed by atoms with Gasteiger partial charge in [-0.05, 0) is 25.1 Å². The normalized spacial score (nSPS) is 11.2. The summed E-state index contributed by atoms with van der Waals surface area (Å²) < 4.78 is 7.57. The summed E-state index contributed by atoms with van der Waals surface area (Å²) in [5.41, 5.74) is 1.56. The number of phenolic OH excluding ortho intramolecular Hbond substituents is 1. The molecule has 0 spiro atoms. The number of ether oxygens (including phenoxy) is 1. The maximum atomic E-state index is 12.9. The SMILES string of the molecule is COC(=O)c1c(C)nn2c1ncc1c(=O)n(-c3ccccc3O)ccc12. The van der Waals surface area contributed by atoms with E-state index in [2.05, 4.69) is 10.1 Å². The van der Waals surface area contributed by atoms with Gasteiger partial charge in [-0.3, -0.25) is 9.36 Å². The van der Waals surface area contributed by atoms with Crippen LogP contribution in [0.1, 0.15) is 16.1 Å². The second-order valence-corrected chi connectivity index (χ2v) is 5.72. The Kier molecular flexibility index (Phi) is 3.47. The Morgan fingerprint density at radius 3 is 2.73 bits per heavy atom. The zero-order valence-electron chi connectivity index (χ0n) is 14.0. The van der Waals surface area contributed by atoms with E-state index in [0.29, 0.717) is 27.9 Å². The topological polar surface area (TPSA) is 98.7 Å². The Labute approximate surface area is 146 Å². The van der Waals surface area contributed by atoms with Gasteiger partial charge in [0.15, 0.2) is 5.65 Å². The third-order valence-corrected chi connectivity index (χ3v) is 4.22. The highest BCUT2D eigenvalue weighted by Gasteiger charge is 2.21. The monoisotopic (exact) mass is 350 g/mol. The van der Waals surface area contributed by atoms with Crippen molar-refractivity contribution < 1.29 is 14.6 Å². The summed E-state index contributed by atoms with van der Waals surface area (Å²) in [6.45, 7) is 1.68. The summed E-state index contributed by atoms with van der Waals surface area (Å²) in [5.74, 6) is -0.544. The van der Waals surface area contributed by atoms with Crippen molar-refractivity contribution in [3.8, 4) is 11.4 Å². The lowest BCUT2D eigenvalue weighted by atomic mass is 10.2. The highest BCUT2D eigenvalue weighted by atomic mass is 16.5. The number of hydrogen-bond acceptors (Lipinski definition) is 6. The molecule has 0 aliphatic rings. The molecule has 4 rings (SSSR count). The van der Waals surface area contributed by atoms with Crippen molar-refractivity contribution in [2.24, 2.45) is 0 Å². The van der Waals surface area contributed by atoms with Crippen LogP contribution in [0.2, 0.25) is 0 Å². The van der Waals surface area contributed by atoms with Crippen LogP contribution in [0.15, 0.2) is 47.5 Å². The number of pyridine rings is 1. The average molecular weight is 350 g/mol. The Bertz CT molecular complexity index is 1240. The molecule has 0 amide bonds. The van der Waals surface area contributed by atoms with Gasteiger partial charge in [-0.1, -0.05) is 12.1 Å². The van der Waals surface area contributed by atoms with E-state index in [1.165, 1.54) is 28.5 Å². The Morgan fingerprint density at radius 2 is 2.00 bits per heavy atom. The molecule has 26 heavy (non-hydrogen) atoms. The van der Waals surface area contributed by atoms with E-state index in [4.69, 9.17) is 4.74 Å². The quantitative estimate of drug-likeness (QED) is 0.554. The lowest BCUT2D eigenvalue weighted by molar-refractivity contribution is 0.0602. The van der Waals surface area contributed by atoms with E-state index in [9.17, 15) is 14.7 Å². The first-order chi connectivity index (χ1) is 12.5. The fraction of sp³-hybridized carbons (Fsp3) is 0.111. The smallest absolute Gasteiger partial charge is 0.343 e. The minimum atomic E-state index is -0.535. The van der Waals surface area contributed by atoms with E-state index in [1.54, 1.807) is 37.4 Å². The summed E-state index contributed by atoms with van der Waals surface area (Å²) in [4.78, 5) is 29.1. The predicted molar refractivity (Wildman–Crippen MR) is 93.8 cm³/mol. The van der Waals surface area contributed by atoms with Crippen molar-refractivity contribution in [2.45, 2.75) is 6.92 Å². The number of carbonyl (C=O) groups excluding carboxylic acids is 1. The van der Waals surface area contributed by atoms with Crippen LogP contribution in [0, 0.1) is 6.92 Å². The van der Waals surface area contributed by atoms with E-state index >= 15 is 0 Å². The molecule has 0 saturated heterocycles. The second-order valence-electron chi connectivity index (χ2n) is 5.72. The predicted octanol–water partition coefficient (Wildman–Crippen LogP) is 1.83. The molecule has 1 aromatic carbocycles. The number of para-hydroxylation sites is 2. The molecule has 0 bridgehead atoms. The maximum absolute atomic E-state index is 12.9. The zero-order valence-corrected chi connectivity index (χ0v) is 14.0. The number of benzene rings is 1. The molecular formula is C18H14N4O4. The van der Waals surface area contributed by atoms with Crippen LogP contribution in [-0.4, -0.2) is 37.4 Å². The Morgan fingerprint density at radius 1 is 1.23 bits per heavy atom. The molecule has 0 unspecified atom stereocenters. The van der Waals surface area contributed by atoms with Gasteiger partial charge in [0.2, 0.25) is 0 Å². The minimum Gasteiger partial charge on any atom is -0.506 e. The molecule has 0 aliphatic carbocycles.